The van der Waals surface area contributed by atoms with Crippen molar-refractivity contribution >= 4 is 39.5 Å². The Hall–Kier alpha value is -1.94. The highest BCUT2D eigenvalue weighted by atomic mass is 31.2. The molecule has 92 heavy (non-hydrogen) atoms. The van der Waals surface area contributed by atoms with Gasteiger partial charge in [0.15, 0.2) is 12.2 Å². The third-order valence-corrected chi connectivity index (χ3v) is 18.9. The molecule has 0 heterocycles. The number of carbonyl (C=O) groups excluding carboxylic acids is 4. The van der Waals surface area contributed by atoms with Crippen LogP contribution >= 0.6 is 15.6 Å². The lowest BCUT2D eigenvalue weighted by atomic mass is 10.0. The van der Waals surface area contributed by atoms with E-state index in [0.29, 0.717) is 25.7 Å². The molecule has 0 aromatic carbocycles. The first kappa shape index (κ1) is 90.1. The molecule has 546 valence electrons. The second-order valence-electron chi connectivity index (χ2n) is 27.3. The van der Waals surface area contributed by atoms with Gasteiger partial charge in [-0.2, -0.15) is 0 Å². The quantitative estimate of drug-likeness (QED) is 0.0222. The van der Waals surface area contributed by atoms with Gasteiger partial charge in [-0.25, -0.2) is 9.13 Å². The molecule has 0 bridgehead atoms. The average molecular weight is 1350 g/mol. The van der Waals surface area contributed by atoms with Crippen LogP contribution in [0.4, 0.5) is 0 Å². The van der Waals surface area contributed by atoms with Crippen molar-refractivity contribution in [3.05, 3.63) is 0 Å². The molecule has 0 spiro atoms. The van der Waals surface area contributed by atoms with Crippen molar-refractivity contribution in [3.8, 4) is 0 Å². The number of hydrogen-bond donors (Lipinski definition) is 3. The smallest absolute Gasteiger partial charge is 0.462 e. The summed E-state index contributed by atoms with van der Waals surface area (Å²) in [7, 11) is -9.90. The van der Waals surface area contributed by atoms with Crippen molar-refractivity contribution in [1.29, 1.82) is 0 Å². The summed E-state index contributed by atoms with van der Waals surface area (Å²) in [6, 6.07) is 0. The van der Waals surface area contributed by atoms with Crippen LogP contribution in [0.1, 0.15) is 375 Å². The molecular formula is C73H142O17P2. The molecule has 0 aromatic heterocycles. The Morgan fingerprint density at radius 1 is 0.293 bits per heavy atom. The van der Waals surface area contributed by atoms with E-state index in [0.717, 1.165) is 102 Å². The maximum absolute atomic E-state index is 13.1. The van der Waals surface area contributed by atoms with E-state index in [1.807, 2.05) is 0 Å². The number of phosphoric acid groups is 2. The van der Waals surface area contributed by atoms with Crippen LogP contribution in [0.15, 0.2) is 0 Å². The Balaban J connectivity index is 5.22. The van der Waals surface area contributed by atoms with Gasteiger partial charge in [-0.05, 0) is 37.5 Å². The Morgan fingerprint density at radius 2 is 0.500 bits per heavy atom. The standard InChI is InChI=1S/C73H142O17P2/c1-7-9-11-13-15-17-18-19-24-27-31-38-44-50-56-71(76)84-62-68(89-72(77)57-51-45-39-32-28-25-22-20-21-23-26-30-35-41-47-53-65(3)4)63-87-91(79,80)85-59-67(74)60-86-92(81,82)88-64-69(61-83-70(75)55-49-43-37-29-16-14-12-10-8-2)90-73(78)58-52-46-40-34-33-36-42-48-54-66(5)6/h65-69,74H,7-64H2,1-6H3,(H,79,80)(H,81,82)/t67-,68-,69-/m1/s1. The van der Waals surface area contributed by atoms with Gasteiger partial charge in [0.2, 0.25) is 0 Å². The zero-order valence-corrected chi connectivity index (χ0v) is 61.6. The van der Waals surface area contributed by atoms with Gasteiger partial charge in [0.05, 0.1) is 26.4 Å². The van der Waals surface area contributed by atoms with Gasteiger partial charge in [-0.15, -0.1) is 0 Å². The number of esters is 4. The fourth-order valence-corrected chi connectivity index (χ4v) is 12.7. The number of aliphatic hydroxyl groups excluding tert-OH is 1. The normalized spacial score (nSPS) is 14.1. The Bertz CT molecular complexity index is 1790. The number of aliphatic hydroxyl groups is 1. The second-order valence-corrected chi connectivity index (χ2v) is 30.2. The molecule has 3 N–H and O–H groups in total. The summed E-state index contributed by atoms with van der Waals surface area (Å²) in [5.41, 5.74) is 0. The highest BCUT2D eigenvalue weighted by Gasteiger charge is 2.30. The lowest BCUT2D eigenvalue weighted by molar-refractivity contribution is -0.161. The summed E-state index contributed by atoms with van der Waals surface area (Å²) in [6.07, 6.45) is 51.3. The van der Waals surface area contributed by atoms with Gasteiger partial charge >= 0.3 is 39.5 Å². The van der Waals surface area contributed by atoms with Crippen molar-refractivity contribution in [1.82, 2.24) is 0 Å². The van der Waals surface area contributed by atoms with E-state index < -0.39 is 97.5 Å². The van der Waals surface area contributed by atoms with E-state index in [4.69, 9.17) is 37.0 Å². The van der Waals surface area contributed by atoms with Crippen LogP contribution in [0.2, 0.25) is 0 Å². The summed E-state index contributed by atoms with van der Waals surface area (Å²) in [5, 5.41) is 10.6. The number of unbranched alkanes of at least 4 members (excludes halogenated alkanes) is 42. The van der Waals surface area contributed by atoms with E-state index in [1.54, 1.807) is 0 Å². The van der Waals surface area contributed by atoms with Crippen molar-refractivity contribution < 1.29 is 80.2 Å². The van der Waals surface area contributed by atoms with Crippen molar-refractivity contribution in [2.24, 2.45) is 11.8 Å². The zero-order chi connectivity index (χ0) is 67.9. The predicted molar refractivity (Wildman–Crippen MR) is 372 cm³/mol. The van der Waals surface area contributed by atoms with Crippen molar-refractivity contribution in [2.75, 3.05) is 39.6 Å². The Morgan fingerprint density at radius 3 is 0.739 bits per heavy atom. The third kappa shape index (κ3) is 66.7. The summed E-state index contributed by atoms with van der Waals surface area (Å²) >= 11 is 0. The minimum Gasteiger partial charge on any atom is -0.462 e. The van der Waals surface area contributed by atoms with Gasteiger partial charge in [0.25, 0.3) is 0 Å². The van der Waals surface area contributed by atoms with Crippen molar-refractivity contribution in [2.45, 2.75) is 394 Å². The van der Waals surface area contributed by atoms with Crippen LogP contribution in [0, 0.1) is 11.8 Å². The minimum absolute atomic E-state index is 0.105. The maximum atomic E-state index is 13.1. The molecule has 5 atom stereocenters. The Labute approximate surface area is 562 Å². The predicted octanol–water partition coefficient (Wildman–Crippen LogP) is 21.2. The molecule has 0 fully saturated rings. The highest BCUT2D eigenvalue weighted by Crippen LogP contribution is 2.45. The lowest BCUT2D eigenvalue weighted by Crippen LogP contribution is -2.30. The average Bonchev–Trinajstić information content (AvgIpc) is 1.67. The lowest BCUT2D eigenvalue weighted by Gasteiger charge is -2.21. The highest BCUT2D eigenvalue weighted by molar-refractivity contribution is 7.47. The molecule has 0 amide bonds. The van der Waals surface area contributed by atoms with Crippen molar-refractivity contribution in [3.63, 3.8) is 0 Å². The minimum atomic E-state index is -4.95. The van der Waals surface area contributed by atoms with Crippen LogP contribution in [0.25, 0.3) is 0 Å². The van der Waals surface area contributed by atoms with E-state index >= 15 is 0 Å². The van der Waals surface area contributed by atoms with Crippen LogP contribution in [-0.4, -0.2) is 96.7 Å². The van der Waals surface area contributed by atoms with E-state index in [1.165, 1.54) is 193 Å². The van der Waals surface area contributed by atoms with E-state index in [9.17, 15) is 43.2 Å². The van der Waals surface area contributed by atoms with Crippen LogP contribution in [0.3, 0.4) is 0 Å². The number of carbonyl (C=O) groups is 4. The molecule has 0 rings (SSSR count). The summed E-state index contributed by atoms with van der Waals surface area (Å²) in [4.78, 5) is 72.6. The Kier molecular flexibility index (Phi) is 63.7. The summed E-state index contributed by atoms with van der Waals surface area (Å²) < 4.78 is 68.4. The van der Waals surface area contributed by atoms with Gasteiger partial charge in [0, 0.05) is 25.7 Å². The number of hydrogen-bond acceptors (Lipinski definition) is 15. The molecule has 2 unspecified atom stereocenters. The van der Waals surface area contributed by atoms with Crippen LogP contribution < -0.4 is 0 Å². The summed E-state index contributed by atoms with van der Waals surface area (Å²) in [5.74, 6) is -0.600. The summed E-state index contributed by atoms with van der Waals surface area (Å²) in [6.45, 7) is 9.55. The second kappa shape index (κ2) is 65.0. The molecular weight excluding hydrogens is 1210 g/mol. The fourth-order valence-electron chi connectivity index (χ4n) is 11.1. The molecule has 0 saturated heterocycles. The molecule has 17 nitrogen and oxygen atoms in total. The number of rotatable bonds is 72. The number of phosphoric ester groups is 2. The van der Waals surface area contributed by atoms with E-state index in [-0.39, 0.29) is 25.7 Å². The van der Waals surface area contributed by atoms with Gasteiger partial charge < -0.3 is 33.8 Å². The van der Waals surface area contributed by atoms with E-state index in [2.05, 4.69) is 41.5 Å². The zero-order valence-electron chi connectivity index (χ0n) is 59.9. The van der Waals surface area contributed by atoms with Crippen LogP contribution in [-0.2, 0) is 65.4 Å². The molecule has 0 aliphatic heterocycles. The largest absolute Gasteiger partial charge is 0.472 e. The first-order valence-corrected chi connectivity index (χ1v) is 41.0. The molecule has 0 aliphatic rings. The fraction of sp³-hybridized carbons (Fsp3) is 0.945. The van der Waals surface area contributed by atoms with Gasteiger partial charge in [-0.3, -0.25) is 37.3 Å². The molecule has 0 aliphatic carbocycles. The third-order valence-electron chi connectivity index (χ3n) is 17.0. The monoisotopic (exact) mass is 1350 g/mol. The van der Waals surface area contributed by atoms with Gasteiger partial charge in [0.1, 0.15) is 19.3 Å². The number of ether oxygens (including phenoxy) is 4. The SMILES string of the molecule is CCCCCCCCCCCCCCCCC(=O)OC[C@H](COP(=O)(O)OC[C@@H](O)COP(=O)(O)OC[C@@H](COC(=O)CCCCCCCCCCC)OC(=O)CCCCCCCCCCC(C)C)OC(=O)CCCCCCCCCCCCCCCCCC(C)C. The van der Waals surface area contributed by atoms with Gasteiger partial charge in [-0.1, -0.05) is 324 Å². The molecule has 0 saturated carbocycles. The topological polar surface area (TPSA) is 237 Å². The molecule has 19 heteroatoms. The van der Waals surface area contributed by atoms with Crippen LogP contribution in [0.5, 0.6) is 0 Å². The first-order valence-electron chi connectivity index (χ1n) is 38.0. The first-order chi connectivity index (χ1) is 44.4. The maximum Gasteiger partial charge on any atom is 0.472 e. The molecule has 0 aromatic rings. The molecule has 0 radical (unpaired) electrons.